The number of rotatable bonds is 5. The second kappa shape index (κ2) is 6.83. The zero-order valence-electron chi connectivity index (χ0n) is 12.0. The van der Waals surface area contributed by atoms with Crippen molar-refractivity contribution >= 4 is 17.4 Å². The van der Waals surface area contributed by atoms with Gasteiger partial charge in [-0.15, -0.1) is 0 Å². The second-order valence-electron chi connectivity index (χ2n) is 5.05. The lowest BCUT2D eigenvalue weighted by molar-refractivity contribution is 0.0862. The standard InChI is InChI=1S/C17H17ClFNO/c1-12(17(21)13-7-9-15(19)10-8-13)20(2)11-14-5-3-4-6-16(14)18/h3-10,12H,11H2,1-2H3. The van der Waals surface area contributed by atoms with E-state index in [-0.39, 0.29) is 17.6 Å². The summed E-state index contributed by atoms with van der Waals surface area (Å²) in [6, 6.07) is 12.9. The Bertz CT molecular complexity index is 627. The third-order valence-electron chi connectivity index (χ3n) is 3.55. The highest BCUT2D eigenvalue weighted by Gasteiger charge is 2.20. The highest BCUT2D eigenvalue weighted by atomic mass is 35.5. The maximum atomic E-state index is 12.9. The summed E-state index contributed by atoms with van der Waals surface area (Å²) in [5.74, 6) is -0.381. The molecule has 2 aromatic rings. The van der Waals surface area contributed by atoms with E-state index in [9.17, 15) is 9.18 Å². The normalized spacial score (nSPS) is 12.4. The maximum absolute atomic E-state index is 12.9. The van der Waals surface area contributed by atoms with Gasteiger partial charge in [0.15, 0.2) is 5.78 Å². The molecule has 0 spiro atoms. The summed E-state index contributed by atoms with van der Waals surface area (Å²) in [7, 11) is 1.87. The van der Waals surface area contributed by atoms with Gasteiger partial charge >= 0.3 is 0 Å². The van der Waals surface area contributed by atoms with Crippen molar-refractivity contribution in [1.82, 2.24) is 4.90 Å². The third-order valence-corrected chi connectivity index (χ3v) is 3.92. The molecule has 1 atom stereocenters. The number of hydrogen-bond acceptors (Lipinski definition) is 2. The van der Waals surface area contributed by atoms with E-state index in [1.807, 2.05) is 43.1 Å². The smallest absolute Gasteiger partial charge is 0.179 e. The predicted molar refractivity (Wildman–Crippen MR) is 83.1 cm³/mol. The van der Waals surface area contributed by atoms with Crippen molar-refractivity contribution in [3.8, 4) is 0 Å². The van der Waals surface area contributed by atoms with E-state index in [0.717, 1.165) is 5.56 Å². The fraction of sp³-hybridized carbons (Fsp3) is 0.235. The first kappa shape index (κ1) is 15.7. The zero-order chi connectivity index (χ0) is 15.4. The average Bonchev–Trinajstić information content (AvgIpc) is 2.49. The monoisotopic (exact) mass is 305 g/mol. The van der Waals surface area contributed by atoms with Crippen LogP contribution in [0.1, 0.15) is 22.8 Å². The molecule has 0 radical (unpaired) electrons. The Morgan fingerprint density at radius 1 is 1.19 bits per heavy atom. The van der Waals surface area contributed by atoms with Crippen molar-refractivity contribution in [2.24, 2.45) is 0 Å². The van der Waals surface area contributed by atoms with Crippen LogP contribution in [0.4, 0.5) is 4.39 Å². The molecule has 0 bridgehead atoms. The maximum Gasteiger partial charge on any atom is 0.179 e. The van der Waals surface area contributed by atoms with Gasteiger partial charge in [0.2, 0.25) is 0 Å². The van der Waals surface area contributed by atoms with Crippen LogP contribution in [-0.2, 0) is 6.54 Å². The van der Waals surface area contributed by atoms with Gasteiger partial charge in [0, 0.05) is 17.1 Å². The molecule has 0 amide bonds. The first-order chi connectivity index (χ1) is 9.99. The number of halogens is 2. The fourth-order valence-corrected chi connectivity index (χ4v) is 2.28. The van der Waals surface area contributed by atoms with Crippen LogP contribution < -0.4 is 0 Å². The van der Waals surface area contributed by atoms with Gasteiger partial charge in [-0.1, -0.05) is 29.8 Å². The molecule has 0 heterocycles. The minimum Gasteiger partial charge on any atom is -0.292 e. The molecule has 2 aromatic carbocycles. The van der Waals surface area contributed by atoms with Gasteiger partial charge in [0.05, 0.1) is 6.04 Å². The molecule has 0 fully saturated rings. The van der Waals surface area contributed by atoms with E-state index in [2.05, 4.69) is 0 Å². The lowest BCUT2D eigenvalue weighted by atomic mass is 10.0. The van der Waals surface area contributed by atoms with E-state index in [1.54, 1.807) is 0 Å². The number of carbonyl (C=O) groups is 1. The summed E-state index contributed by atoms with van der Waals surface area (Å²) < 4.78 is 12.9. The number of likely N-dealkylation sites (N-methyl/N-ethyl adjacent to an activating group) is 1. The molecule has 21 heavy (non-hydrogen) atoms. The number of ketones is 1. The van der Waals surface area contributed by atoms with Gasteiger partial charge < -0.3 is 0 Å². The first-order valence-corrected chi connectivity index (χ1v) is 7.10. The topological polar surface area (TPSA) is 20.3 Å². The molecule has 4 heteroatoms. The van der Waals surface area contributed by atoms with Crippen LogP contribution in [0.25, 0.3) is 0 Å². The van der Waals surface area contributed by atoms with Crippen molar-refractivity contribution in [2.75, 3.05) is 7.05 Å². The molecule has 1 unspecified atom stereocenters. The van der Waals surface area contributed by atoms with Crippen LogP contribution in [0.5, 0.6) is 0 Å². The van der Waals surface area contributed by atoms with E-state index in [4.69, 9.17) is 11.6 Å². The number of carbonyl (C=O) groups excluding carboxylic acids is 1. The summed E-state index contributed by atoms with van der Waals surface area (Å²) in [6.07, 6.45) is 0. The summed E-state index contributed by atoms with van der Waals surface area (Å²) in [5, 5.41) is 0.686. The first-order valence-electron chi connectivity index (χ1n) is 6.72. The van der Waals surface area contributed by atoms with Crippen molar-refractivity contribution in [1.29, 1.82) is 0 Å². The molecule has 0 saturated carbocycles. The Balaban J connectivity index is 2.08. The summed E-state index contributed by atoms with van der Waals surface area (Å²) in [4.78, 5) is 14.3. The average molecular weight is 306 g/mol. The molecular formula is C17H17ClFNO. The Morgan fingerprint density at radius 2 is 1.81 bits per heavy atom. The zero-order valence-corrected chi connectivity index (χ0v) is 12.8. The molecule has 0 aliphatic carbocycles. The highest BCUT2D eigenvalue weighted by Crippen LogP contribution is 2.18. The molecule has 110 valence electrons. The Hall–Kier alpha value is -1.71. The third kappa shape index (κ3) is 3.90. The summed E-state index contributed by atoms with van der Waals surface area (Å²) >= 11 is 6.13. The summed E-state index contributed by atoms with van der Waals surface area (Å²) in [6.45, 7) is 2.41. The molecule has 0 aliphatic heterocycles. The number of hydrogen-bond donors (Lipinski definition) is 0. The molecule has 0 N–H and O–H groups in total. The van der Waals surface area contributed by atoms with Gasteiger partial charge in [0.25, 0.3) is 0 Å². The van der Waals surface area contributed by atoms with Crippen LogP contribution in [0.2, 0.25) is 5.02 Å². The van der Waals surface area contributed by atoms with Crippen LogP contribution in [0.3, 0.4) is 0 Å². The van der Waals surface area contributed by atoms with Crippen molar-refractivity contribution in [2.45, 2.75) is 19.5 Å². The van der Waals surface area contributed by atoms with Gasteiger partial charge in [-0.2, -0.15) is 0 Å². The molecule has 2 rings (SSSR count). The van der Waals surface area contributed by atoms with Crippen LogP contribution in [0.15, 0.2) is 48.5 Å². The molecule has 0 saturated heterocycles. The Morgan fingerprint density at radius 3 is 2.43 bits per heavy atom. The Kier molecular flexibility index (Phi) is 5.10. The molecule has 2 nitrogen and oxygen atoms in total. The number of benzene rings is 2. The lowest BCUT2D eigenvalue weighted by Crippen LogP contribution is -2.35. The van der Waals surface area contributed by atoms with Crippen molar-refractivity contribution in [3.63, 3.8) is 0 Å². The SMILES string of the molecule is CC(C(=O)c1ccc(F)cc1)N(C)Cc1ccccc1Cl. The molecule has 0 aromatic heterocycles. The quantitative estimate of drug-likeness (QED) is 0.772. The largest absolute Gasteiger partial charge is 0.292 e. The van der Waals surface area contributed by atoms with E-state index >= 15 is 0 Å². The Labute approximate surface area is 129 Å². The lowest BCUT2D eigenvalue weighted by Gasteiger charge is -2.24. The highest BCUT2D eigenvalue weighted by molar-refractivity contribution is 6.31. The molecular weight excluding hydrogens is 289 g/mol. The van der Waals surface area contributed by atoms with Gasteiger partial charge in [-0.05, 0) is 49.9 Å². The van der Waals surface area contributed by atoms with Crippen LogP contribution >= 0.6 is 11.6 Å². The van der Waals surface area contributed by atoms with Gasteiger partial charge in [-0.25, -0.2) is 4.39 Å². The second-order valence-corrected chi connectivity index (χ2v) is 5.46. The summed E-state index contributed by atoms with van der Waals surface area (Å²) in [5.41, 5.74) is 1.48. The van der Waals surface area contributed by atoms with Gasteiger partial charge in [0.1, 0.15) is 5.82 Å². The molecule has 0 aliphatic rings. The predicted octanol–water partition coefficient (Wildman–Crippen LogP) is 4.18. The van der Waals surface area contributed by atoms with E-state index in [1.165, 1.54) is 24.3 Å². The van der Waals surface area contributed by atoms with E-state index < -0.39 is 0 Å². The number of nitrogens with zero attached hydrogens (tertiary/aromatic N) is 1. The minimum absolute atomic E-state index is 0.0375. The van der Waals surface area contributed by atoms with Crippen LogP contribution in [0, 0.1) is 5.82 Å². The minimum atomic E-state index is -0.344. The van der Waals surface area contributed by atoms with E-state index in [0.29, 0.717) is 17.1 Å². The van der Waals surface area contributed by atoms with Crippen molar-refractivity contribution in [3.05, 3.63) is 70.5 Å². The fourth-order valence-electron chi connectivity index (χ4n) is 2.09. The van der Waals surface area contributed by atoms with Crippen LogP contribution in [-0.4, -0.2) is 23.8 Å². The van der Waals surface area contributed by atoms with Crippen molar-refractivity contribution < 1.29 is 9.18 Å². The number of Topliss-reactive ketones (excluding diaryl/α,β-unsaturated/α-hetero) is 1. The van der Waals surface area contributed by atoms with Gasteiger partial charge in [-0.3, -0.25) is 9.69 Å².